The van der Waals surface area contributed by atoms with Crippen LogP contribution in [0.1, 0.15) is 38.8 Å². The van der Waals surface area contributed by atoms with Crippen LogP contribution in [0.2, 0.25) is 0 Å². The number of nitrogens with zero attached hydrogens (tertiary/aromatic N) is 2. The van der Waals surface area contributed by atoms with Crippen molar-refractivity contribution >= 4 is 43.5 Å². The number of ether oxygens (including phenoxy) is 1. The summed E-state index contributed by atoms with van der Waals surface area (Å²) in [5.74, 6) is -1.05. The minimum absolute atomic E-state index is 0.0288. The third-order valence-corrected chi connectivity index (χ3v) is 9.41. The highest BCUT2D eigenvalue weighted by molar-refractivity contribution is 9.10. The number of nitrogens with one attached hydrogen (secondary N) is 1. The first-order valence-corrected chi connectivity index (χ1v) is 17.4. The van der Waals surface area contributed by atoms with Gasteiger partial charge < -0.3 is 15.0 Å². The molecule has 11 heteroatoms. The Morgan fingerprint density at radius 1 is 0.894 bits per heavy atom. The van der Waals surface area contributed by atoms with Crippen LogP contribution in [-0.4, -0.2) is 49.9 Å². The molecular formula is C36H39BrFN3O5S. The summed E-state index contributed by atoms with van der Waals surface area (Å²) in [7, 11) is -4.37. The predicted molar refractivity (Wildman–Crippen MR) is 185 cm³/mol. The fourth-order valence-electron chi connectivity index (χ4n) is 4.98. The molecule has 0 saturated heterocycles. The lowest BCUT2D eigenvalue weighted by Crippen LogP contribution is -2.56. The maximum absolute atomic E-state index is 14.6. The SMILES string of the molecule is CCOc1ccc(N(CC(=O)N(Cc2cccc(Br)c2)[C@@H](Cc2ccccc2)C(=O)NC(C)(C)C)S(=O)(=O)c2ccc(F)cc2)cc1. The second-order valence-electron chi connectivity index (χ2n) is 12.0. The first-order valence-electron chi connectivity index (χ1n) is 15.2. The summed E-state index contributed by atoms with van der Waals surface area (Å²) in [5, 5.41) is 3.01. The molecule has 0 aromatic heterocycles. The topological polar surface area (TPSA) is 96.0 Å². The lowest BCUT2D eigenvalue weighted by Gasteiger charge is -2.35. The summed E-state index contributed by atoms with van der Waals surface area (Å²) in [6, 6.07) is 26.5. The zero-order chi connectivity index (χ0) is 34.2. The van der Waals surface area contributed by atoms with E-state index in [4.69, 9.17) is 4.74 Å². The molecule has 0 saturated carbocycles. The van der Waals surface area contributed by atoms with Gasteiger partial charge in [0.05, 0.1) is 17.2 Å². The summed E-state index contributed by atoms with van der Waals surface area (Å²) in [5.41, 5.74) is 1.17. The normalized spacial score (nSPS) is 12.2. The minimum atomic E-state index is -4.37. The average Bonchev–Trinajstić information content (AvgIpc) is 3.02. The van der Waals surface area contributed by atoms with Gasteiger partial charge >= 0.3 is 0 Å². The van der Waals surface area contributed by atoms with Crippen LogP contribution in [0.15, 0.2) is 112 Å². The van der Waals surface area contributed by atoms with E-state index < -0.39 is 39.9 Å². The van der Waals surface area contributed by atoms with Crippen LogP contribution >= 0.6 is 15.9 Å². The van der Waals surface area contributed by atoms with Crippen molar-refractivity contribution < 1.29 is 27.1 Å². The predicted octanol–water partition coefficient (Wildman–Crippen LogP) is 6.74. The molecule has 8 nitrogen and oxygen atoms in total. The van der Waals surface area contributed by atoms with Crippen molar-refractivity contribution in [3.63, 3.8) is 0 Å². The Kier molecular flexibility index (Phi) is 11.8. The van der Waals surface area contributed by atoms with Gasteiger partial charge in [-0.3, -0.25) is 13.9 Å². The van der Waals surface area contributed by atoms with Crippen LogP contribution in [0, 0.1) is 5.82 Å². The van der Waals surface area contributed by atoms with E-state index in [9.17, 15) is 22.4 Å². The zero-order valence-corrected chi connectivity index (χ0v) is 29.2. The Hall–Kier alpha value is -4.22. The number of halogens is 2. The van der Waals surface area contributed by atoms with Crippen molar-refractivity contribution in [1.82, 2.24) is 10.2 Å². The van der Waals surface area contributed by atoms with E-state index in [-0.39, 0.29) is 29.5 Å². The third-order valence-electron chi connectivity index (χ3n) is 7.13. The number of hydrogen-bond donors (Lipinski definition) is 1. The van der Waals surface area contributed by atoms with Crippen molar-refractivity contribution in [3.05, 3.63) is 125 Å². The lowest BCUT2D eigenvalue weighted by atomic mass is 10.0. The molecule has 4 rings (SSSR count). The quantitative estimate of drug-likeness (QED) is 0.165. The minimum Gasteiger partial charge on any atom is -0.494 e. The summed E-state index contributed by atoms with van der Waals surface area (Å²) in [6.07, 6.45) is 0.191. The smallest absolute Gasteiger partial charge is 0.264 e. The summed E-state index contributed by atoms with van der Waals surface area (Å²) < 4.78 is 49.3. The molecule has 1 N–H and O–H groups in total. The van der Waals surface area contributed by atoms with Crippen molar-refractivity contribution in [1.29, 1.82) is 0 Å². The van der Waals surface area contributed by atoms with Crippen LogP contribution in [0.4, 0.5) is 10.1 Å². The number of rotatable bonds is 13. The monoisotopic (exact) mass is 723 g/mol. The number of benzene rings is 4. The summed E-state index contributed by atoms with van der Waals surface area (Å²) in [4.78, 5) is 29.8. The van der Waals surface area contributed by atoms with Gasteiger partial charge in [0.25, 0.3) is 10.0 Å². The van der Waals surface area contributed by atoms with Gasteiger partial charge in [-0.05, 0) is 99.5 Å². The van der Waals surface area contributed by atoms with Crippen LogP contribution < -0.4 is 14.4 Å². The van der Waals surface area contributed by atoms with E-state index in [1.165, 1.54) is 4.90 Å². The molecule has 0 unspecified atom stereocenters. The molecule has 0 radical (unpaired) electrons. The van der Waals surface area contributed by atoms with Gasteiger partial charge in [0.15, 0.2) is 0 Å². The maximum atomic E-state index is 14.6. The van der Waals surface area contributed by atoms with Crippen molar-refractivity contribution in [3.8, 4) is 5.75 Å². The van der Waals surface area contributed by atoms with Gasteiger partial charge in [0, 0.05) is 23.0 Å². The van der Waals surface area contributed by atoms with Gasteiger partial charge in [-0.25, -0.2) is 12.8 Å². The Morgan fingerprint density at radius 2 is 1.53 bits per heavy atom. The second-order valence-corrected chi connectivity index (χ2v) is 14.8. The van der Waals surface area contributed by atoms with Gasteiger partial charge in [0.1, 0.15) is 24.2 Å². The Bertz CT molecular complexity index is 1760. The maximum Gasteiger partial charge on any atom is 0.264 e. The van der Waals surface area contributed by atoms with E-state index in [1.54, 1.807) is 24.3 Å². The molecule has 47 heavy (non-hydrogen) atoms. The van der Waals surface area contributed by atoms with Crippen molar-refractivity contribution in [2.75, 3.05) is 17.5 Å². The van der Waals surface area contributed by atoms with E-state index >= 15 is 0 Å². The highest BCUT2D eigenvalue weighted by atomic mass is 79.9. The van der Waals surface area contributed by atoms with Gasteiger partial charge in [0.2, 0.25) is 11.8 Å². The molecule has 0 aliphatic carbocycles. The molecule has 0 aliphatic rings. The molecule has 0 aliphatic heterocycles. The molecule has 248 valence electrons. The van der Waals surface area contributed by atoms with E-state index in [2.05, 4.69) is 21.2 Å². The zero-order valence-electron chi connectivity index (χ0n) is 26.8. The first-order chi connectivity index (χ1) is 22.3. The van der Waals surface area contributed by atoms with Gasteiger partial charge in [-0.1, -0.05) is 58.4 Å². The van der Waals surface area contributed by atoms with Crippen LogP contribution in [-0.2, 0) is 32.6 Å². The number of amides is 2. The number of anilines is 1. The first kappa shape index (κ1) is 35.6. The van der Waals surface area contributed by atoms with Crippen molar-refractivity contribution in [2.45, 2.75) is 57.1 Å². The Labute approximate surface area is 284 Å². The summed E-state index contributed by atoms with van der Waals surface area (Å²) >= 11 is 3.49. The summed E-state index contributed by atoms with van der Waals surface area (Å²) in [6.45, 7) is 7.21. The molecule has 0 spiro atoms. The second kappa shape index (κ2) is 15.6. The molecule has 0 heterocycles. The highest BCUT2D eigenvalue weighted by Gasteiger charge is 2.35. The largest absolute Gasteiger partial charge is 0.494 e. The van der Waals surface area contributed by atoms with Crippen LogP contribution in [0.5, 0.6) is 5.75 Å². The lowest BCUT2D eigenvalue weighted by molar-refractivity contribution is -0.140. The Balaban J connectivity index is 1.82. The molecule has 0 fully saturated rings. The van der Waals surface area contributed by atoms with Gasteiger partial charge in [-0.15, -0.1) is 0 Å². The highest BCUT2D eigenvalue weighted by Crippen LogP contribution is 2.27. The fourth-order valence-corrected chi connectivity index (χ4v) is 6.84. The molecule has 1 atom stereocenters. The van der Waals surface area contributed by atoms with E-state index in [1.807, 2.05) is 82.3 Å². The Morgan fingerprint density at radius 3 is 2.13 bits per heavy atom. The van der Waals surface area contributed by atoms with E-state index in [0.717, 1.165) is 44.2 Å². The number of hydrogen-bond acceptors (Lipinski definition) is 5. The van der Waals surface area contributed by atoms with Crippen molar-refractivity contribution in [2.24, 2.45) is 0 Å². The standard InChI is InChI=1S/C36H39BrFN3O5S/c1-5-46-31-18-16-30(17-19-31)41(47(44,45)32-20-14-29(38)15-21-32)25-34(42)40(24-27-12-9-13-28(37)22-27)33(35(43)39-36(2,3)4)23-26-10-7-6-8-11-26/h6-22,33H,5,23-25H2,1-4H3,(H,39,43)/t33-/m0/s1. The molecule has 2 amide bonds. The average molecular weight is 725 g/mol. The molecule has 0 bridgehead atoms. The molecular weight excluding hydrogens is 685 g/mol. The van der Waals surface area contributed by atoms with Gasteiger partial charge in [-0.2, -0.15) is 0 Å². The van der Waals surface area contributed by atoms with Crippen LogP contribution in [0.25, 0.3) is 0 Å². The van der Waals surface area contributed by atoms with E-state index in [0.29, 0.717) is 12.4 Å². The molecule has 4 aromatic carbocycles. The third kappa shape index (κ3) is 9.89. The number of sulfonamides is 1. The fraction of sp³-hybridized carbons (Fsp3) is 0.278. The number of carbonyl (C=O) groups excluding carboxylic acids is 2. The molecule has 4 aromatic rings. The van der Waals surface area contributed by atoms with Crippen LogP contribution in [0.3, 0.4) is 0 Å². The number of carbonyl (C=O) groups is 2.